The van der Waals surface area contributed by atoms with E-state index in [1.807, 2.05) is 32.9 Å². The summed E-state index contributed by atoms with van der Waals surface area (Å²) < 4.78 is 0. The van der Waals surface area contributed by atoms with Crippen molar-refractivity contribution in [3.63, 3.8) is 0 Å². The number of benzene rings is 1. The Bertz CT molecular complexity index is 624. The molecule has 2 amide bonds. The Morgan fingerprint density at radius 3 is 2.33 bits per heavy atom. The van der Waals surface area contributed by atoms with E-state index in [2.05, 4.69) is 16.0 Å². The zero-order valence-electron chi connectivity index (χ0n) is 14.7. The molecule has 2 fully saturated rings. The Kier molecular flexibility index (Phi) is 4.63. The third-order valence-electron chi connectivity index (χ3n) is 4.91. The fraction of sp³-hybridized carbons (Fsp3) is 0.579. The van der Waals surface area contributed by atoms with Crippen molar-refractivity contribution in [1.82, 2.24) is 10.6 Å². The number of piperidine rings is 1. The third kappa shape index (κ3) is 3.78. The van der Waals surface area contributed by atoms with Gasteiger partial charge in [-0.25, -0.2) is 0 Å². The molecule has 5 heteroatoms. The minimum atomic E-state index is -0.502. The summed E-state index contributed by atoms with van der Waals surface area (Å²) in [6.45, 7) is 5.57. The smallest absolute Gasteiger partial charge is 0.253 e. The van der Waals surface area contributed by atoms with Gasteiger partial charge in [0.15, 0.2) is 0 Å². The topological polar surface area (TPSA) is 70.2 Å². The van der Waals surface area contributed by atoms with Gasteiger partial charge in [-0.1, -0.05) is 32.9 Å². The van der Waals surface area contributed by atoms with Crippen LogP contribution >= 0.6 is 0 Å². The van der Waals surface area contributed by atoms with Gasteiger partial charge < -0.3 is 16.0 Å². The summed E-state index contributed by atoms with van der Waals surface area (Å²) in [6, 6.07) is 8.49. The summed E-state index contributed by atoms with van der Waals surface area (Å²) in [7, 11) is 0. The second kappa shape index (κ2) is 6.55. The van der Waals surface area contributed by atoms with Gasteiger partial charge in [-0.15, -0.1) is 0 Å². The molecule has 1 aromatic carbocycles. The average molecular weight is 329 g/mol. The molecular weight excluding hydrogens is 302 g/mol. The molecule has 2 aliphatic rings. The number of anilines is 1. The molecule has 0 aliphatic carbocycles. The molecule has 1 aromatic rings. The lowest BCUT2D eigenvalue weighted by Gasteiger charge is -2.30. The summed E-state index contributed by atoms with van der Waals surface area (Å²) in [4.78, 5) is 25.0. The quantitative estimate of drug-likeness (QED) is 0.798. The predicted molar refractivity (Wildman–Crippen MR) is 95.0 cm³/mol. The Labute approximate surface area is 143 Å². The zero-order valence-corrected chi connectivity index (χ0v) is 14.7. The van der Waals surface area contributed by atoms with E-state index < -0.39 is 5.41 Å². The molecule has 2 unspecified atom stereocenters. The number of hydrogen-bond donors (Lipinski definition) is 3. The van der Waals surface area contributed by atoms with Gasteiger partial charge in [-0.05, 0) is 37.8 Å². The molecule has 3 N–H and O–H groups in total. The Morgan fingerprint density at radius 1 is 1.08 bits per heavy atom. The number of fused-ring (bicyclic) bond motifs is 2. The molecule has 0 aromatic heterocycles. The fourth-order valence-electron chi connectivity index (χ4n) is 3.54. The van der Waals surface area contributed by atoms with Crippen molar-refractivity contribution in [2.24, 2.45) is 5.41 Å². The van der Waals surface area contributed by atoms with Crippen molar-refractivity contribution in [2.75, 3.05) is 5.32 Å². The maximum atomic E-state index is 12.7. The Balaban J connectivity index is 1.70. The molecule has 2 bridgehead atoms. The summed E-state index contributed by atoms with van der Waals surface area (Å²) >= 11 is 0. The van der Waals surface area contributed by atoms with Gasteiger partial charge in [0.25, 0.3) is 5.91 Å². The minimum Gasteiger partial charge on any atom is -0.349 e. The first kappa shape index (κ1) is 17.0. The SMILES string of the molecule is CC(C)(C)C(=O)Nc1ccccc1C(=O)NC1CC2CCC(C1)N2. The van der Waals surface area contributed by atoms with Crippen LogP contribution in [0.5, 0.6) is 0 Å². The largest absolute Gasteiger partial charge is 0.349 e. The fourth-order valence-corrected chi connectivity index (χ4v) is 3.54. The van der Waals surface area contributed by atoms with E-state index in [0.29, 0.717) is 23.3 Å². The van der Waals surface area contributed by atoms with Crippen molar-refractivity contribution in [2.45, 2.75) is 64.6 Å². The highest BCUT2D eigenvalue weighted by Gasteiger charge is 2.34. The highest BCUT2D eigenvalue weighted by Crippen LogP contribution is 2.27. The first-order valence-corrected chi connectivity index (χ1v) is 8.80. The molecule has 0 radical (unpaired) electrons. The van der Waals surface area contributed by atoms with Crippen molar-refractivity contribution in [3.05, 3.63) is 29.8 Å². The van der Waals surface area contributed by atoms with Crippen LogP contribution < -0.4 is 16.0 Å². The van der Waals surface area contributed by atoms with E-state index in [9.17, 15) is 9.59 Å². The lowest BCUT2D eigenvalue weighted by Crippen LogP contribution is -2.48. The van der Waals surface area contributed by atoms with Crippen molar-refractivity contribution in [3.8, 4) is 0 Å². The van der Waals surface area contributed by atoms with Gasteiger partial charge in [0.1, 0.15) is 0 Å². The van der Waals surface area contributed by atoms with Crippen molar-refractivity contribution in [1.29, 1.82) is 0 Å². The van der Waals surface area contributed by atoms with Gasteiger partial charge in [0.05, 0.1) is 11.3 Å². The van der Waals surface area contributed by atoms with Gasteiger partial charge in [-0.3, -0.25) is 9.59 Å². The van der Waals surface area contributed by atoms with Crippen LogP contribution in [0.2, 0.25) is 0 Å². The van der Waals surface area contributed by atoms with Crippen LogP contribution in [0, 0.1) is 5.41 Å². The van der Waals surface area contributed by atoms with Crippen LogP contribution in [-0.2, 0) is 4.79 Å². The minimum absolute atomic E-state index is 0.0948. The second-order valence-electron chi connectivity index (χ2n) is 8.03. The van der Waals surface area contributed by atoms with Crippen LogP contribution in [0.3, 0.4) is 0 Å². The van der Waals surface area contributed by atoms with E-state index in [1.165, 1.54) is 12.8 Å². The van der Waals surface area contributed by atoms with Gasteiger partial charge in [-0.2, -0.15) is 0 Å². The first-order valence-electron chi connectivity index (χ1n) is 8.80. The lowest BCUT2D eigenvalue weighted by molar-refractivity contribution is -0.123. The molecule has 3 rings (SSSR count). The number of para-hydroxylation sites is 1. The van der Waals surface area contributed by atoms with Crippen molar-refractivity contribution >= 4 is 17.5 Å². The zero-order chi connectivity index (χ0) is 17.3. The molecule has 130 valence electrons. The molecular formula is C19H27N3O2. The van der Waals surface area contributed by atoms with E-state index in [4.69, 9.17) is 0 Å². The monoisotopic (exact) mass is 329 g/mol. The predicted octanol–water partition coefficient (Wildman–Crippen LogP) is 2.68. The molecule has 5 nitrogen and oxygen atoms in total. The van der Waals surface area contributed by atoms with E-state index in [1.54, 1.807) is 12.1 Å². The van der Waals surface area contributed by atoms with Gasteiger partial charge in [0.2, 0.25) is 5.91 Å². The lowest BCUT2D eigenvalue weighted by atomic mass is 9.95. The summed E-state index contributed by atoms with van der Waals surface area (Å²) in [5, 5.41) is 9.62. The van der Waals surface area contributed by atoms with E-state index in [-0.39, 0.29) is 17.9 Å². The number of amides is 2. The molecule has 0 saturated carbocycles. The van der Waals surface area contributed by atoms with Crippen LogP contribution in [0.15, 0.2) is 24.3 Å². The summed E-state index contributed by atoms with van der Waals surface area (Å²) in [5.74, 6) is -0.200. The highest BCUT2D eigenvalue weighted by molar-refractivity contribution is 6.04. The van der Waals surface area contributed by atoms with E-state index >= 15 is 0 Å². The highest BCUT2D eigenvalue weighted by atomic mass is 16.2. The number of nitrogens with one attached hydrogen (secondary N) is 3. The number of carbonyl (C=O) groups excluding carboxylic acids is 2. The van der Waals surface area contributed by atoms with Crippen LogP contribution in [0.4, 0.5) is 5.69 Å². The molecule has 0 spiro atoms. The standard InChI is InChI=1S/C19H27N3O2/c1-19(2,3)18(24)22-16-7-5-4-6-15(16)17(23)21-14-10-12-8-9-13(11-14)20-12/h4-7,12-14,20H,8-11H2,1-3H3,(H,21,23)(H,22,24). The molecule has 2 heterocycles. The Hall–Kier alpha value is -1.88. The number of carbonyl (C=O) groups is 2. The normalized spacial score (nSPS) is 26.0. The maximum absolute atomic E-state index is 12.7. The van der Waals surface area contributed by atoms with Crippen LogP contribution in [-0.4, -0.2) is 29.9 Å². The number of hydrogen-bond acceptors (Lipinski definition) is 3. The average Bonchev–Trinajstić information content (AvgIpc) is 2.85. The molecule has 2 atom stereocenters. The van der Waals surface area contributed by atoms with E-state index in [0.717, 1.165) is 12.8 Å². The molecule has 2 saturated heterocycles. The van der Waals surface area contributed by atoms with Gasteiger partial charge in [0, 0.05) is 23.5 Å². The number of rotatable bonds is 3. The molecule has 2 aliphatic heterocycles. The summed E-state index contributed by atoms with van der Waals surface area (Å²) in [5.41, 5.74) is 0.602. The van der Waals surface area contributed by atoms with Gasteiger partial charge >= 0.3 is 0 Å². The molecule has 24 heavy (non-hydrogen) atoms. The first-order chi connectivity index (χ1) is 11.3. The second-order valence-corrected chi connectivity index (χ2v) is 8.03. The summed E-state index contributed by atoms with van der Waals surface area (Å²) in [6.07, 6.45) is 4.38. The third-order valence-corrected chi connectivity index (χ3v) is 4.91. The maximum Gasteiger partial charge on any atom is 0.253 e. The Morgan fingerprint density at radius 2 is 1.71 bits per heavy atom. The van der Waals surface area contributed by atoms with Crippen LogP contribution in [0.1, 0.15) is 56.8 Å². The van der Waals surface area contributed by atoms with Crippen LogP contribution in [0.25, 0.3) is 0 Å². The van der Waals surface area contributed by atoms with Crippen molar-refractivity contribution < 1.29 is 9.59 Å².